The van der Waals surface area contributed by atoms with Crippen LogP contribution in [0, 0.1) is 5.92 Å². The van der Waals surface area contributed by atoms with Gasteiger partial charge in [0.2, 0.25) is 0 Å². The topological polar surface area (TPSA) is 29.3 Å². The van der Waals surface area contributed by atoms with Crippen molar-refractivity contribution in [1.82, 2.24) is 4.90 Å². The molecule has 1 saturated carbocycles. The van der Waals surface area contributed by atoms with Gasteiger partial charge in [-0.05, 0) is 49.8 Å². The van der Waals surface area contributed by atoms with Crippen molar-refractivity contribution in [1.29, 1.82) is 0 Å². The lowest BCUT2D eigenvalue weighted by molar-refractivity contribution is 0.0702. The van der Waals surface area contributed by atoms with E-state index in [0.717, 1.165) is 17.0 Å². The van der Waals surface area contributed by atoms with Gasteiger partial charge in [0.05, 0.1) is 0 Å². The van der Waals surface area contributed by atoms with Crippen LogP contribution in [-0.2, 0) is 0 Å². The van der Waals surface area contributed by atoms with E-state index in [2.05, 4.69) is 17.0 Å². The lowest BCUT2D eigenvalue weighted by atomic mass is 9.89. The van der Waals surface area contributed by atoms with Gasteiger partial charge in [-0.15, -0.1) is 0 Å². The summed E-state index contributed by atoms with van der Waals surface area (Å²) in [4.78, 5) is 2.64. The Balaban J connectivity index is 1.87. The van der Waals surface area contributed by atoms with Gasteiger partial charge in [-0.2, -0.15) is 0 Å². The number of nitrogens with zero attached hydrogens (tertiary/aromatic N) is 1. The Morgan fingerprint density at radius 3 is 2.79 bits per heavy atom. The highest BCUT2D eigenvalue weighted by molar-refractivity contribution is 6.31. The number of nitrogens with two attached hydrogens (primary N) is 1. The second-order valence-corrected chi connectivity index (χ2v) is 6.32. The molecular formula is C16H23ClN2. The fraction of sp³-hybridized carbons (Fsp3) is 0.625. The zero-order valence-corrected chi connectivity index (χ0v) is 12.1. The number of rotatable bonds is 3. The highest BCUT2D eigenvalue weighted by Gasteiger charge is 2.38. The molecule has 1 saturated heterocycles. The third-order valence-corrected chi connectivity index (χ3v) is 5.27. The first kappa shape index (κ1) is 13.4. The Kier molecular flexibility index (Phi) is 4.11. The molecule has 3 rings (SSSR count). The van der Waals surface area contributed by atoms with Crippen LogP contribution in [0.5, 0.6) is 0 Å². The van der Waals surface area contributed by atoms with Crippen LogP contribution in [-0.4, -0.2) is 24.0 Å². The van der Waals surface area contributed by atoms with Crippen molar-refractivity contribution in [2.75, 3.05) is 13.1 Å². The molecule has 1 aliphatic carbocycles. The van der Waals surface area contributed by atoms with E-state index in [9.17, 15) is 0 Å². The second kappa shape index (κ2) is 5.82. The molecular weight excluding hydrogens is 256 g/mol. The molecule has 0 aromatic heterocycles. The molecule has 1 aromatic carbocycles. The molecule has 2 nitrogen and oxygen atoms in total. The maximum atomic E-state index is 6.38. The van der Waals surface area contributed by atoms with Crippen LogP contribution in [0.2, 0.25) is 5.02 Å². The highest BCUT2D eigenvalue weighted by atomic mass is 35.5. The Morgan fingerprint density at radius 2 is 2.00 bits per heavy atom. The number of fused-ring (bicyclic) bond motifs is 1. The number of piperidine rings is 1. The molecule has 3 heteroatoms. The predicted octanol–water partition coefficient (Wildman–Crippen LogP) is 3.60. The van der Waals surface area contributed by atoms with Crippen LogP contribution in [0.1, 0.15) is 43.7 Å². The maximum Gasteiger partial charge on any atom is 0.0488 e. The van der Waals surface area contributed by atoms with Gasteiger partial charge in [0.1, 0.15) is 0 Å². The minimum Gasteiger partial charge on any atom is -0.329 e. The molecule has 1 aliphatic heterocycles. The molecule has 1 aromatic rings. The smallest absolute Gasteiger partial charge is 0.0488 e. The van der Waals surface area contributed by atoms with Crippen LogP contribution in [0.4, 0.5) is 0 Å². The van der Waals surface area contributed by atoms with Gasteiger partial charge in [-0.1, -0.05) is 36.2 Å². The molecule has 0 spiro atoms. The van der Waals surface area contributed by atoms with Crippen LogP contribution in [0.15, 0.2) is 24.3 Å². The van der Waals surface area contributed by atoms with Gasteiger partial charge in [0.25, 0.3) is 0 Å². The number of hydrogen-bond donors (Lipinski definition) is 1. The summed E-state index contributed by atoms with van der Waals surface area (Å²) in [6.45, 7) is 1.83. The average Bonchev–Trinajstić information content (AvgIpc) is 2.91. The summed E-state index contributed by atoms with van der Waals surface area (Å²) in [6.07, 6.45) is 6.83. The largest absolute Gasteiger partial charge is 0.329 e. The van der Waals surface area contributed by atoms with Crippen LogP contribution >= 0.6 is 11.6 Å². The number of hydrogen-bond acceptors (Lipinski definition) is 2. The van der Waals surface area contributed by atoms with Gasteiger partial charge in [-0.3, -0.25) is 4.90 Å². The molecule has 0 bridgehead atoms. The molecule has 104 valence electrons. The summed E-state index contributed by atoms with van der Waals surface area (Å²) in [5.41, 5.74) is 7.29. The minimum atomic E-state index is 0.291. The average molecular weight is 279 g/mol. The van der Waals surface area contributed by atoms with Gasteiger partial charge in [0, 0.05) is 23.7 Å². The van der Waals surface area contributed by atoms with Gasteiger partial charge in [-0.25, -0.2) is 0 Å². The lowest BCUT2D eigenvalue weighted by Gasteiger charge is -2.43. The lowest BCUT2D eigenvalue weighted by Crippen LogP contribution is -2.46. The third kappa shape index (κ3) is 2.54. The van der Waals surface area contributed by atoms with E-state index in [4.69, 9.17) is 17.3 Å². The van der Waals surface area contributed by atoms with E-state index < -0.39 is 0 Å². The molecule has 3 atom stereocenters. The number of halogens is 1. The van der Waals surface area contributed by atoms with Crippen molar-refractivity contribution in [3.05, 3.63) is 34.9 Å². The molecule has 2 aliphatic rings. The predicted molar refractivity (Wildman–Crippen MR) is 80.3 cm³/mol. The molecule has 2 fully saturated rings. The number of benzene rings is 1. The highest BCUT2D eigenvalue weighted by Crippen LogP contribution is 2.41. The SMILES string of the molecule is NCC(c1ccccc1Cl)N1CCCC2CCCC21. The Bertz CT molecular complexity index is 435. The van der Waals surface area contributed by atoms with E-state index in [-0.39, 0.29) is 0 Å². The monoisotopic (exact) mass is 278 g/mol. The van der Waals surface area contributed by atoms with E-state index in [1.54, 1.807) is 0 Å². The van der Waals surface area contributed by atoms with Crippen molar-refractivity contribution in [2.24, 2.45) is 11.7 Å². The van der Waals surface area contributed by atoms with Gasteiger partial charge in [0.15, 0.2) is 0 Å². The van der Waals surface area contributed by atoms with E-state index in [1.807, 2.05) is 12.1 Å². The molecule has 0 amide bonds. The summed E-state index contributed by atoms with van der Waals surface area (Å²) in [7, 11) is 0. The van der Waals surface area contributed by atoms with Crippen molar-refractivity contribution < 1.29 is 0 Å². The van der Waals surface area contributed by atoms with Crippen LogP contribution in [0.25, 0.3) is 0 Å². The van der Waals surface area contributed by atoms with Crippen molar-refractivity contribution in [3.63, 3.8) is 0 Å². The first-order chi connectivity index (χ1) is 9.31. The summed E-state index contributed by atoms with van der Waals surface area (Å²) in [5.74, 6) is 0.894. The van der Waals surface area contributed by atoms with Gasteiger partial charge < -0.3 is 5.73 Å². The molecule has 1 heterocycles. The van der Waals surface area contributed by atoms with Crippen molar-refractivity contribution in [2.45, 2.75) is 44.2 Å². The van der Waals surface area contributed by atoms with Crippen molar-refractivity contribution >= 4 is 11.6 Å². The Morgan fingerprint density at radius 1 is 1.21 bits per heavy atom. The first-order valence-corrected chi connectivity index (χ1v) is 7.89. The van der Waals surface area contributed by atoms with E-state index >= 15 is 0 Å². The fourth-order valence-electron chi connectivity index (χ4n) is 4.07. The Hall–Kier alpha value is -0.570. The first-order valence-electron chi connectivity index (χ1n) is 7.51. The molecule has 3 unspecified atom stereocenters. The summed E-state index contributed by atoms with van der Waals surface area (Å²) < 4.78 is 0. The second-order valence-electron chi connectivity index (χ2n) is 5.91. The van der Waals surface area contributed by atoms with E-state index in [0.29, 0.717) is 12.6 Å². The molecule has 19 heavy (non-hydrogen) atoms. The zero-order chi connectivity index (χ0) is 13.2. The summed E-state index contributed by atoms with van der Waals surface area (Å²) in [5, 5.41) is 0.859. The quantitative estimate of drug-likeness (QED) is 0.915. The normalized spacial score (nSPS) is 29.2. The van der Waals surface area contributed by atoms with E-state index in [1.165, 1.54) is 44.2 Å². The standard InChI is InChI=1S/C16H23ClN2/c17-14-8-2-1-7-13(14)16(11-18)19-10-4-6-12-5-3-9-15(12)19/h1-2,7-8,12,15-16H,3-6,9-11,18H2. The maximum absolute atomic E-state index is 6.38. The minimum absolute atomic E-state index is 0.291. The summed E-state index contributed by atoms with van der Waals surface area (Å²) >= 11 is 6.38. The summed E-state index contributed by atoms with van der Waals surface area (Å²) in [6, 6.07) is 9.21. The van der Waals surface area contributed by atoms with Crippen molar-refractivity contribution in [3.8, 4) is 0 Å². The molecule has 0 radical (unpaired) electrons. The third-order valence-electron chi connectivity index (χ3n) is 4.92. The fourth-order valence-corrected chi connectivity index (χ4v) is 4.33. The zero-order valence-electron chi connectivity index (χ0n) is 11.4. The van der Waals surface area contributed by atoms with Crippen LogP contribution < -0.4 is 5.73 Å². The van der Waals surface area contributed by atoms with Gasteiger partial charge >= 0.3 is 0 Å². The Labute approximate surface area is 120 Å². The number of likely N-dealkylation sites (tertiary alicyclic amines) is 1. The van der Waals surface area contributed by atoms with Crippen LogP contribution in [0.3, 0.4) is 0 Å². The molecule has 2 N–H and O–H groups in total.